The van der Waals surface area contributed by atoms with E-state index < -0.39 is 0 Å². The van der Waals surface area contributed by atoms with E-state index in [2.05, 4.69) is 77.4 Å². The molecule has 0 bridgehead atoms. The molecule has 2 nitrogen and oxygen atoms in total. The Bertz CT molecular complexity index is 1420. The van der Waals surface area contributed by atoms with Gasteiger partial charge in [0.25, 0.3) is 0 Å². The van der Waals surface area contributed by atoms with Crippen LogP contribution in [-0.2, 0) is 0 Å². The van der Waals surface area contributed by atoms with Crippen LogP contribution in [0.2, 0.25) is 0 Å². The molecule has 2 aromatic heterocycles. The van der Waals surface area contributed by atoms with Gasteiger partial charge in [0.2, 0.25) is 0 Å². The molecule has 0 N–H and O–H groups in total. The minimum absolute atomic E-state index is 0.930. The number of para-hydroxylation sites is 3. The van der Waals surface area contributed by atoms with Crippen molar-refractivity contribution >= 4 is 43.7 Å². The average Bonchev–Trinajstić information content (AvgIpc) is 3.24. The predicted octanol–water partition coefficient (Wildman–Crippen LogP) is 6.68. The SMILES string of the molecule is c1ccc(-n2c3ccccc3c3ccc4c5ccccc5oc4c32)cc1. The van der Waals surface area contributed by atoms with Gasteiger partial charge in [0.1, 0.15) is 5.58 Å². The van der Waals surface area contributed by atoms with E-state index in [1.54, 1.807) is 0 Å². The standard InChI is InChI=1S/C24H15NO/c1-2-8-16(9-3-1)25-21-12-6-4-10-17(21)19-14-15-20-18-11-5-7-13-22(18)26-24(20)23(19)25/h1-15H. The largest absolute Gasteiger partial charge is 0.454 e. The number of nitrogens with zero attached hydrogens (tertiary/aromatic N) is 1. The van der Waals surface area contributed by atoms with E-state index in [-0.39, 0.29) is 0 Å². The third-order valence-corrected chi connectivity index (χ3v) is 5.19. The number of hydrogen-bond donors (Lipinski definition) is 0. The van der Waals surface area contributed by atoms with Crippen LogP contribution in [0.5, 0.6) is 0 Å². The second-order valence-electron chi connectivity index (χ2n) is 6.62. The van der Waals surface area contributed by atoms with Crippen molar-refractivity contribution in [2.45, 2.75) is 0 Å². The minimum atomic E-state index is 0.930. The fourth-order valence-electron chi connectivity index (χ4n) is 4.08. The Kier molecular flexibility index (Phi) is 2.64. The van der Waals surface area contributed by atoms with E-state index in [0.29, 0.717) is 0 Å². The van der Waals surface area contributed by atoms with E-state index in [0.717, 1.165) is 33.1 Å². The molecule has 26 heavy (non-hydrogen) atoms. The second kappa shape index (κ2) is 4.99. The van der Waals surface area contributed by atoms with Gasteiger partial charge in [-0.1, -0.05) is 60.7 Å². The van der Waals surface area contributed by atoms with Gasteiger partial charge in [-0.25, -0.2) is 0 Å². The van der Waals surface area contributed by atoms with Crippen LogP contribution in [-0.4, -0.2) is 4.57 Å². The quantitative estimate of drug-likeness (QED) is 0.328. The van der Waals surface area contributed by atoms with Crippen LogP contribution in [0.1, 0.15) is 0 Å². The lowest BCUT2D eigenvalue weighted by molar-refractivity contribution is 0.671. The first kappa shape index (κ1) is 13.7. The van der Waals surface area contributed by atoms with Gasteiger partial charge in [0.15, 0.2) is 5.58 Å². The zero-order valence-corrected chi connectivity index (χ0v) is 14.0. The van der Waals surface area contributed by atoms with Gasteiger partial charge < -0.3 is 8.98 Å². The number of hydrogen-bond acceptors (Lipinski definition) is 1. The van der Waals surface area contributed by atoms with Crippen LogP contribution in [0.3, 0.4) is 0 Å². The zero-order chi connectivity index (χ0) is 17.1. The van der Waals surface area contributed by atoms with Gasteiger partial charge >= 0.3 is 0 Å². The third kappa shape index (κ3) is 1.71. The molecule has 0 aliphatic heterocycles. The van der Waals surface area contributed by atoms with Crippen molar-refractivity contribution in [2.75, 3.05) is 0 Å². The summed E-state index contributed by atoms with van der Waals surface area (Å²) in [4.78, 5) is 0. The number of furan rings is 1. The molecule has 6 rings (SSSR count). The summed E-state index contributed by atoms with van der Waals surface area (Å²) in [6, 6.07) is 31.7. The Hall–Kier alpha value is -3.52. The molecule has 0 fully saturated rings. The van der Waals surface area contributed by atoms with Crippen molar-refractivity contribution in [1.29, 1.82) is 0 Å². The lowest BCUT2D eigenvalue weighted by Crippen LogP contribution is -1.93. The van der Waals surface area contributed by atoms with E-state index in [9.17, 15) is 0 Å². The Morgan fingerprint density at radius 2 is 1.23 bits per heavy atom. The highest BCUT2D eigenvalue weighted by Gasteiger charge is 2.18. The van der Waals surface area contributed by atoms with Crippen LogP contribution >= 0.6 is 0 Å². The molecule has 0 aliphatic carbocycles. The summed E-state index contributed by atoms with van der Waals surface area (Å²) in [7, 11) is 0. The number of benzene rings is 4. The van der Waals surface area contributed by atoms with Crippen LogP contribution in [0, 0.1) is 0 Å². The summed E-state index contributed by atoms with van der Waals surface area (Å²) in [6.45, 7) is 0. The molecule has 6 aromatic rings. The Morgan fingerprint density at radius 3 is 2.12 bits per heavy atom. The second-order valence-corrected chi connectivity index (χ2v) is 6.62. The summed E-state index contributed by atoms with van der Waals surface area (Å²) >= 11 is 0. The van der Waals surface area contributed by atoms with E-state index in [1.807, 2.05) is 18.2 Å². The van der Waals surface area contributed by atoms with Crippen LogP contribution < -0.4 is 0 Å². The van der Waals surface area contributed by atoms with Crippen molar-refractivity contribution in [2.24, 2.45) is 0 Å². The summed E-state index contributed by atoms with van der Waals surface area (Å²) in [5.74, 6) is 0. The summed E-state index contributed by atoms with van der Waals surface area (Å²) in [5, 5.41) is 4.78. The molecule has 0 amide bonds. The fourth-order valence-corrected chi connectivity index (χ4v) is 4.08. The maximum atomic E-state index is 6.34. The van der Waals surface area contributed by atoms with Gasteiger partial charge in [-0.2, -0.15) is 0 Å². The molecular weight excluding hydrogens is 318 g/mol. The van der Waals surface area contributed by atoms with Crippen molar-refractivity contribution in [1.82, 2.24) is 4.57 Å². The first-order valence-corrected chi connectivity index (χ1v) is 8.81. The first-order valence-electron chi connectivity index (χ1n) is 8.81. The van der Waals surface area contributed by atoms with Gasteiger partial charge in [-0.3, -0.25) is 0 Å². The molecular formula is C24H15NO. The number of fused-ring (bicyclic) bond motifs is 7. The fraction of sp³-hybridized carbons (Fsp3) is 0. The molecule has 2 heterocycles. The molecule has 0 radical (unpaired) electrons. The molecule has 0 saturated heterocycles. The van der Waals surface area contributed by atoms with Crippen molar-refractivity contribution < 1.29 is 4.42 Å². The molecule has 0 atom stereocenters. The molecule has 0 saturated carbocycles. The molecule has 4 aromatic carbocycles. The van der Waals surface area contributed by atoms with E-state index >= 15 is 0 Å². The summed E-state index contributed by atoms with van der Waals surface area (Å²) in [5.41, 5.74) is 5.35. The van der Waals surface area contributed by atoms with Crippen LogP contribution in [0.15, 0.2) is 95.4 Å². The monoisotopic (exact) mass is 333 g/mol. The maximum absolute atomic E-state index is 6.34. The molecule has 0 unspecified atom stereocenters. The van der Waals surface area contributed by atoms with Crippen molar-refractivity contribution in [3.63, 3.8) is 0 Å². The number of rotatable bonds is 1. The average molecular weight is 333 g/mol. The van der Waals surface area contributed by atoms with Crippen LogP contribution in [0.4, 0.5) is 0 Å². The Labute approximate surface area is 149 Å². The lowest BCUT2D eigenvalue weighted by Gasteiger charge is -2.07. The zero-order valence-electron chi connectivity index (χ0n) is 14.0. The molecule has 0 aliphatic rings. The Balaban J connectivity index is 1.92. The van der Waals surface area contributed by atoms with E-state index in [1.165, 1.54) is 16.3 Å². The maximum Gasteiger partial charge on any atom is 0.160 e. The predicted molar refractivity (Wildman–Crippen MR) is 108 cm³/mol. The van der Waals surface area contributed by atoms with Gasteiger partial charge in [0, 0.05) is 27.2 Å². The third-order valence-electron chi connectivity index (χ3n) is 5.19. The molecule has 122 valence electrons. The molecule has 0 spiro atoms. The smallest absolute Gasteiger partial charge is 0.160 e. The van der Waals surface area contributed by atoms with Gasteiger partial charge in [0.05, 0.1) is 11.0 Å². The number of aromatic nitrogens is 1. The summed E-state index contributed by atoms with van der Waals surface area (Å²) < 4.78 is 8.65. The van der Waals surface area contributed by atoms with Crippen molar-refractivity contribution in [3.05, 3.63) is 91.0 Å². The Morgan fingerprint density at radius 1 is 0.538 bits per heavy atom. The lowest BCUT2D eigenvalue weighted by atomic mass is 10.1. The minimum Gasteiger partial charge on any atom is -0.454 e. The van der Waals surface area contributed by atoms with Gasteiger partial charge in [-0.05, 0) is 30.3 Å². The van der Waals surface area contributed by atoms with Crippen molar-refractivity contribution in [3.8, 4) is 5.69 Å². The molecule has 2 heteroatoms. The highest BCUT2D eigenvalue weighted by molar-refractivity contribution is 6.21. The van der Waals surface area contributed by atoms with E-state index in [4.69, 9.17) is 4.42 Å². The highest BCUT2D eigenvalue weighted by atomic mass is 16.3. The van der Waals surface area contributed by atoms with Crippen LogP contribution in [0.25, 0.3) is 49.4 Å². The summed E-state index contributed by atoms with van der Waals surface area (Å²) in [6.07, 6.45) is 0. The highest BCUT2D eigenvalue weighted by Crippen LogP contribution is 2.39. The normalized spacial score (nSPS) is 11.8. The first-order chi connectivity index (χ1) is 12.9. The van der Waals surface area contributed by atoms with Gasteiger partial charge in [-0.15, -0.1) is 0 Å². The topological polar surface area (TPSA) is 18.1 Å².